The molecule has 2 aromatic carbocycles. The number of nitrogens with zero attached hydrogens (tertiary/aromatic N) is 1. The quantitative estimate of drug-likeness (QED) is 0.862. The Bertz CT molecular complexity index is 751. The molecule has 26 heavy (non-hydrogen) atoms. The smallest absolute Gasteiger partial charge is 0.228 e. The Kier molecular flexibility index (Phi) is 6.29. The van der Waals surface area contributed by atoms with E-state index >= 15 is 0 Å². The van der Waals surface area contributed by atoms with Crippen LogP contribution in [0.25, 0.3) is 0 Å². The predicted octanol–water partition coefficient (Wildman–Crippen LogP) is 4.08. The summed E-state index contributed by atoms with van der Waals surface area (Å²) in [4.78, 5) is 26.4. The van der Waals surface area contributed by atoms with Gasteiger partial charge >= 0.3 is 0 Å². The van der Waals surface area contributed by atoms with E-state index in [0.29, 0.717) is 17.9 Å². The summed E-state index contributed by atoms with van der Waals surface area (Å²) in [5.74, 6) is 0.105. The number of hydrogen-bond acceptors (Lipinski definition) is 2. The maximum Gasteiger partial charge on any atom is 0.228 e. The summed E-state index contributed by atoms with van der Waals surface area (Å²) in [6, 6.07) is 14.7. The second-order valence-corrected chi connectivity index (χ2v) is 7.10. The van der Waals surface area contributed by atoms with Crippen molar-refractivity contribution in [2.75, 3.05) is 18.4 Å². The number of benzene rings is 2. The highest BCUT2D eigenvalue weighted by atomic mass is 35.5. The van der Waals surface area contributed by atoms with Crippen molar-refractivity contribution in [2.24, 2.45) is 0 Å². The lowest BCUT2D eigenvalue weighted by molar-refractivity contribution is -0.131. The fourth-order valence-electron chi connectivity index (χ4n) is 3.13. The van der Waals surface area contributed by atoms with Gasteiger partial charge in [-0.3, -0.25) is 9.59 Å². The van der Waals surface area contributed by atoms with Crippen molar-refractivity contribution in [2.45, 2.75) is 32.1 Å². The van der Waals surface area contributed by atoms with Gasteiger partial charge in [0.1, 0.15) is 0 Å². The van der Waals surface area contributed by atoms with Crippen molar-refractivity contribution in [3.8, 4) is 0 Å². The summed E-state index contributed by atoms with van der Waals surface area (Å²) in [6.07, 6.45) is 4.13. The zero-order valence-corrected chi connectivity index (χ0v) is 15.5. The van der Waals surface area contributed by atoms with Gasteiger partial charge in [0.2, 0.25) is 11.8 Å². The molecular weight excluding hydrogens is 348 g/mol. The van der Waals surface area contributed by atoms with Crippen molar-refractivity contribution in [1.29, 1.82) is 0 Å². The lowest BCUT2D eigenvalue weighted by Gasteiger charge is -2.26. The van der Waals surface area contributed by atoms with Gasteiger partial charge in [-0.2, -0.15) is 0 Å². The molecule has 1 aliphatic rings. The SMILES string of the molecule is O=C(Cc1ccc(Cl)cc1)Nc1ccc(CC(=O)N2CCCCC2)cc1. The average molecular weight is 371 g/mol. The van der Waals surface area contributed by atoms with Crippen molar-refractivity contribution in [3.63, 3.8) is 0 Å². The molecule has 2 amide bonds. The Labute approximate surface area is 159 Å². The van der Waals surface area contributed by atoms with Gasteiger partial charge in [-0.25, -0.2) is 0 Å². The third-order valence-electron chi connectivity index (χ3n) is 4.58. The van der Waals surface area contributed by atoms with E-state index in [1.165, 1.54) is 6.42 Å². The Balaban J connectivity index is 1.51. The zero-order chi connectivity index (χ0) is 18.4. The number of anilines is 1. The summed E-state index contributed by atoms with van der Waals surface area (Å²) in [5.41, 5.74) is 2.62. The van der Waals surface area contributed by atoms with Crippen LogP contribution in [0.15, 0.2) is 48.5 Å². The van der Waals surface area contributed by atoms with E-state index in [-0.39, 0.29) is 11.8 Å². The molecule has 1 aliphatic heterocycles. The fraction of sp³-hybridized carbons (Fsp3) is 0.333. The fourth-order valence-corrected chi connectivity index (χ4v) is 3.25. The first-order chi connectivity index (χ1) is 12.6. The predicted molar refractivity (Wildman–Crippen MR) is 104 cm³/mol. The largest absolute Gasteiger partial charge is 0.342 e. The van der Waals surface area contributed by atoms with E-state index < -0.39 is 0 Å². The molecule has 0 radical (unpaired) electrons. The number of halogens is 1. The van der Waals surface area contributed by atoms with Crippen molar-refractivity contribution < 1.29 is 9.59 Å². The molecule has 136 valence electrons. The number of piperidine rings is 1. The number of rotatable bonds is 5. The molecule has 0 atom stereocenters. The first-order valence-electron chi connectivity index (χ1n) is 9.01. The van der Waals surface area contributed by atoms with E-state index in [1.807, 2.05) is 41.3 Å². The maximum absolute atomic E-state index is 12.3. The first kappa shape index (κ1) is 18.5. The van der Waals surface area contributed by atoms with Crippen LogP contribution in [-0.4, -0.2) is 29.8 Å². The summed E-state index contributed by atoms with van der Waals surface area (Å²) in [6.45, 7) is 1.75. The van der Waals surface area contributed by atoms with Crippen LogP contribution in [0.1, 0.15) is 30.4 Å². The molecule has 3 rings (SSSR count). The number of hydrogen-bond donors (Lipinski definition) is 1. The van der Waals surface area contributed by atoms with E-state index in [0.717, 1.165) is 42.7 Å². The highest BCUT2D eigenvalue weighted by Gasteiger charge is 2.16. The van der Waals surface area contributed by atoms with Crippen LogP contribution in [0.5, 0.6) is 0 Å². The summed E-state index contributed by atoms with van der Waals surface area (Å²) >= 11 is 5.85. The molecule has 4 nitrogen and oxygen atoms in total. The van der Waals surface area contributed by atoms with Gasteiger partial charge in [0.25, 0.3) is 0 Å². The Morgan fingerprint density at radius 1 is 0.846 bits per heavy atom. The number of nitrogens with one attached hydrogen (secondary N) is 1. The zero-order valence-electron chi connectivity index (χ0n) is 14.7. The average Bonchev–Trinajstić information content (AvgIpc) is 2.66. The maximum atomic E-state index is 12.3. The molecule has 0 unspecified atom stereocenters. The Hall–Kier alpha value is -2.33. The second kappa shape index (κ2) is 8.86. The number of amides is 2. The van der Waals surface area contributed by atoms with Crippen LogP contribution in [0.2, 0.25) is 5.02 Å². The highest BCUT2D eigenvalue weighted by molar-refractivity contribution is 6.30. The molecule has 1 saturated heterocycles. The third kappa shape index (κ3) is 5.33. The summed E-state index contributed by atoms with van der Waals surface area (Å²) in [7, 11) is 0. The molecule has 0 spiro atoms. The topological polar surface area (TPSA) is 49.4 Å². The van der Waals surface area contributed by atoms with Gasteiger partial charge in [-0.05, 0) is 54.7 Å². The first-order valence-corrected chi connectivity index (χ1v) is 9.39. The molecule has 1 heterocycles. The molecule has 0 bridgehead atoms. The van der Waals surface area contributed by atoms with Gasteiger partial charge in [0.15, 0.2) is 0 Å². The van der Waals surface area contributed by atoms with E-state index in [9.17, 15) is 9.59 Å². The van der Waals surface area contributed by atoms with Gasteiger partial charge < -0.3 is 10.2 Å². The van der Waals surface area contributed by atoms with Crippen LogP contribution < -0.4 is 5.32 Å². The lowest BCUT2D eigenvalue weighted by Crippen LogP contribution is -2.36. The van der Waals surface area contributed by atoms with Crippen LogP contribution in [0.4, 0.5) is 5.69 Å². The van der Waals surface area contributed by atoms with Gasteiger partial charge in [-0.15, -0.1) is 0 Å². The standard InChI is InChI=1S/C21H23ClN2O2/c22-18-8-4-16(5-9-18)14-20(25)23-19-10-6-17(7-11-19)15-21(26)24-12-2-1-3-13-24/h4-11H,1-3,12-15H2,(H,23,25). The number of carbonyl (C=O) groups is 2. The molecule has 0 aromatic heterocycles. The number of carbonyl (C=O) groups excluding carboxylic acids is 2. The molecule has 1 N–H and O–H groups in total. The molecule has 1 fully saturated rings. The third-order valence-corrected chi connectivity index (χ3v) is 4.83. The number of likely N-dealkylation sites (tertiary alicyclic amines) is 1. The van der Waals surface area contributed by atoms with E-state index in [4.69, 9.17) is 11.6 Å². The monoisotopic (exact) mass is 370 g/mol. The second-order valence-electron chi connectivity index (χ2n) is 6.67. The summed E-state index contributed by atoms with van der Waals surface area (Å²) < 4.78 is 0. The van der Waals surface area contributed by atoms with Gasteiger partial charge in [0.05, 0.1) is 12.8 Å². The normalized spacial score (nSPS) is 14.1. The van der Waals surface area contributed by atoms with Crippen LogP contribution in [0, 0.1) is 0 Å². The molecule has 2 aromatic rings. The molecular formula is C21H23ClN2O2. The van der Waals surface area contributed by atoms with Crippen molar-refractivity contribution in [1.82, 2.24) is 4.90 Å². The van der Waals surface area contributed by atoms with E-state index in [1.54, 1.807) is 12.1 Å². The Morgan fingerprint density at radius 3 is 2.08 bits per heavy atom. The van der Waals surface area contributed by atoms with Crippen LogP contribution in [-0.2, 0) is 22.4 Å². The molecule has 0 saturated carbocycles. The molecule has 5 heteroatoms. The van der Waals surface area contributed by atoms with Crippen LogP contribution >= 0.6 is 11.6 Å². The molecule has 0 aliphatic carbocycles. The lowest BCUT2D eigenvalue weighted by atomic mass is 10.1. The van der Waals surface area contributed by atoms with Gasteiger partial charge in [-0.1, -0.05) is 35.9 Å². The Morgan fingerprint density at radius 2 is 1.42 bits per heavy atom. The van der Waals surface area contributed by atoms with Gasteiger partial charge in [0, 0.05) is 23.8 Å². The van der Waals surface area contributed by atoms with Crippen molar-refractivity contribution in [3.05, 3.63) is 64.7 Å². The van der Waals surface area contributed by atoms with Crippen LogP contribution in [0.3, 0.4) is 0 Å². The minimum atomic E-state index is -0.0792. The van der Waals surface area contributed by atoms with E-state index in [2.05, 4.69) is 5.32 Å². The summed E-state index contributed by atoms with van der Waals surface area (Å²) in [5, 5.41) is 3.54. The minimum Gasteiger partial charge on any atom is -0.342 e. The highest BCUT2D eigenvalue weighted by Crippen LogP contribution is 2.15. The van der Waals surface area contributed by atoms with Crippen molar-refractivity contribution >= 4 is 29.1 Å². The minimum absolute atomic E-state index is 0.0792.